The van der Waals surface area contributed by atoms with Gasteiger partial charge in [-0.15, -0.1) is 11.8 Å². The summed E-state index contributed by atoms with van der Waals surface area (Å²) in [7, 11) is 0. The van der Waals surface area contributed by atoms with Gasteiger partial charge in [-0.1, -0.05) is 13.3 Å². The highest BCUT2D eigenvalue weighted by molar-refractivity contribution is 7.99. The summed E-state index contributed by atoms with van der Waals surface area (Å²) >= 11 is 1.26. The number of thioether (sulfide) groups is 1. The molecule has 0 spiro atoms. The fourth-order valence-electron chi connectivity index (χ4n) is 0.965. The third kappa shape index (κ3) is 3.32. The topological polar surface area (TPSA) is 50.9 Å². The summed E-state index contributed by atoms with van der Waals surface area (Å²) < 4.78 is 26.2. The lowest BCUT2D eigenvalue weighted by Crippen LogP contribution is -2.11. The van der Waals surface area contributed by atoms with Crippen LogP contribution in [0.25, 0.3) is 0 Å². The number of anilines is 1. The van der Waals surface area contributed by atoms with Gasteiger partial charge in [-0.05, 0) is 12.2 Å². The second-order valence-electron chi connectivity index (χ2n) is 2.95. The molecule has 84 valence electrons. The predicted octanol–water partition coefficient (Wildman–Crippen LogP) is 2.54. The first-order valence-electron chi connectivity index (χ1n) is 4.64. The van der Waals surface area contributed by atoms with Crippen LogP contribution >= 0.6 is 11.8 Å². The number of aromatic nitrogens is 1. The third-order valence-electron chi connectivity index (χ3n) is 1.77. The van der Waals surface area contributed by atoms with Crippen molar-refractivity contribution in [3.63, 3.8) is 0 Å². The molecule has 0 saturated heterocycles. The molecule has 0 aliphatic carbocycles. The van der Waals surface area contributed by atoms with E-state index >= 15 is 0 Å². The van der Waals surface area contributed by atoms with Crippen LogP contribution in [0.1, 0.15) is 19.8 Å². The lowest BCUT2D eigenvalue weighted by molar-refractivity contribution is 0.551. The van der Waals surface area contributed by atoms with Crippen molar-refractivity contribution in [2.75, 3.05) is 11.2 Å². The summed E-state index contributed by atoms with van der Waals surface area (Å²) in [6.07, 6.45) is 1.99. The molecule has 0 atom stereocenters. The number of nitrogens with one attached hydrogen (secondary N) is 1. The van der Waals surface area contributed by atoms with Crippen LogP contribution < -0.4 is 11.3 Å². The molecule has 3 N–H and O–H groups in total. The van der Waals surface area contributed by atoms with Gasteiger partial charge in [0, 0.05) is 6.07 Å². The molecule has 1 aromatic rings. The Morgan fingerprint density at radius 1 is 1.47 bits per heavy atom. The minimum Gasteiger partial charge on any atom is -0.306 e. The Morgan fingerprint density at radius 3 is 2.80 bits per heavy atom. The van der Waals surface area contributed by atoms with E-state index in [1.807, 2.05) is 6.92 Å². The van der Waals surface area contributed by atoms with Gasteiger partial charge < -0.3 is 5.43 Å². The van der Waals surface area contributed by atoms with Gasteiger partial charge in [-0.3, -0.25) is 0 Å². The van der Waals surface area contributed by atoms with E-state index in [9.17, 15) is 8.78 Å². The molecule has 6 heteroatoms. The van der Waals surface area contributed by atoms with Crippen LogP contribution in [-0.2, 0) is 0 Å². The number of halogens is 2. The van der Waals surface area contributed by atoms with Crippen LogP contribution in [0, 0.1) is 11.6 Å². The smallest absolute Gasteiger partial charge is 0.177 e. The van der Waals surface area contributed by atoms with Crippen molar-refractivity contribution in [1.82, 2.24) is 4.98 Å². The Labute approximate surface area is 91.4 Å². The first kappa shape index (κ1) is 12.2. The molecule has 0 amide bonds. The summed E-state index contributed by atoms with van der Waals surface area (Å²) in [4.78, 5) is 3.74. The zero-order valence-corrected chi connectivity index (χ0v) is 9.20. The van der Waals surface area contributed by atoms with E-state index in [4.69, 9.17) is 5.84 Å². The Hall–Kier alpha value is -0.880. The lowest BCUT2D eigenvalue weighted by Gasteiger charge is -2.05. The number of nitrogens with zero attached hydrogens (tertiary/aromatic N) is 1. The minimum absolute atomic E-state index is 0.129. The molecule has 0 aromatic carbocycles. The average molecular weight is 233 g/mol. The second kappa shape index (κ2) is 5.87. The molecule has 0 saturated carbocycles. The quantitative estimate of drug-likeness (QED) is 0.355. The van der Waals surface area contributed by atoms with E-state index < -0.39 is 11.6 Å². The van der Waals surface area contributed by atoms with Gasteiger partial charge in [0.2, 0.25) is 0 Å². The molecule has 0 radical (unpaired) electrons. The first-order valence-corrected chi connectivity index (χ1v) is 5.63. The number of nitrogen functional groups attached to an aromatic ring is 1. The van der Waals surface area contributed by atoms with Crippen LogP contribution in [-0.4, -0.2) is 10.7 Å². The Morgan fingerprint density at radius 2 is 2.20 bits per heavy atom. The summed E-state index contributed by atoms with van der Waals surface area (Å²) in [5.74, 6) is 4.24. The van der Waals surface area contributed by atoms with Crippen molar-refractivity contribution in [1.29, 1.82) is 0 Å². The molecule has 1 rings (SSSR count). The lowest BCUT2D eigenvalue weighted by atomic mass is 10.4. The Balaban J connectivity index is 2.78. The van der Waals surface area contributed by atoms with E-state index in [2.05, 4.69) is 10.4 Å². The standard InChI is InChI=1S/C9H13F2N3S/c1-2-3-4-15-9-7(11)5-6(10)8(13-9)14-12/h5H,2-4,12H2,1H3,(H,13,14). The molecule has 3 nitrogen and oxygen atoms in total. The van der Waals surface area contributed by atoms with Crippen molar-refractivity contribution < 1.29 is 8.78 Å². The van der Waals surface area contributed by atoms with Gasteiger partial charge in [0.25, 0.3) is 0 Å². The molecule has 0 fully saturated rings. The summed E-state index contributed by atoms with van der Waals surface area (Å²) in [5, 5.41) is 0.179. The second-order valence-corrected chi connectivity index (χ2v) is 4.04. The number of unbranched alkanes of at least 4 members (excludes halogenated alkanes) is 1. The largest absolute Gasteiger partial charge is 0.306 e. The molecular weight excluding hydrogens is 220 g/mol. The number of nitrogens with two attached hydrogens (primary N) is 1. The molecule has 15 heavy (non-hydrogen) atoms. The van der Waals surface area contributed by atoms with E-state index in [0.717, 1.165) is 24.7 Å². The molecule has 0 bridgehead atoms. The Kier molecular flexibility index (Phi) is 4.77. The number of pyridine rings is 1. The van der Waals surface area contributed by atoms with Gasteiger partial charge in [-0.25, -0.2) is 19.6 Å². The fraction of sp³-hybridized carbons (Fsp3) is 0.444. The normalized spacial score (nSPS) is 10.4. The first-order chi connectivity index (χ1) is 7.19. The summed E-state index contributed by atoms with van der Waals surface area (Å²) in [5.41, 5.74) is 2.09. The van der Waals surface area contributed by atoms with Gasteiger partial charge in [0.05, 0.1) is 0 Å². The van der Waals surface area contributed by atoms with Gasteiger partial charge >= 0.3 is 0 Å². The highest BCUT2D eigenvalue weighted by Crippen LogP contribution is 2.24. The van der Waals surface area contributed by atoms with Crippen LogP contribution in [0.3, 0.4) is 0 Å². The van der Waals surface area contributed by atoms with Crippen molar-refractivity contribution >= 4 is 17.6 Å². The van der Waals surface area contributed by atoms with E-state index in [1.54, 1.807) is 0 Å². The molecule has 1 aromatic heterocycles. The number of hydrazine groups is 1. The molecular formula is C9H13F2N3S. The van der Waals surface area contributed by atoms with E-state index in [0.29, 0.717) is 0 Å². The zero-order valence-electron chi connectivity index (χ0n) is 8.39. The SMILES string of the molecule is CCCCSc1nc(NN)c(F)cc1F. The van der Waals surface area contributed by atoms with Crippen LogP contribution in [0.5, 0.6) is 0 Å². The number of rotatable bonds is 5. The minimum atomic E-state index is -0.783. The monoisotopic (exact) mass is 233 g/mol. The number of hydrogen-bond donors (Lipinski definition) is 2. The summed E-state index contributed by atoms with van der Waals surface area (Å²) in [6.45, 7) is 2.04. The zero-order chi connectivity index (χ0) is 11.3. The van der Waals surface area contributed by atoms with Crippen LogP contribution in [0.15, 0.2) is 11.1 Å². The molecule has 0 aliphatic rings. The van der Waals surface area contributed by atoms with Crippen molar-refractivity contribution in [3.05, 3.63) is 17.7 Å². The molecule has 0 unspecified atom stereocenters. The van der Waals surface area contributed by atoms with E-state index in [1.165, 1.54) is 11.8 Å². The Bertz CT molecular complexity index is 333. The number of hydrogen-bond acceptors (Lipinski definition) is 4. The van der Waals surface area contributed by atoms with Gasteiger partial charge in [0.1, 0.15) is 5.03 Å². The average Bonchev–Trinajstić information content (AvgIpc) is 2.21. The highest BCUT2D eigenvalue weighted by atomic mass is 32.2. The van der Waals surface area contributed by atoms with Crippen molar-refractivity contribution in [2.45, 2.75) is 24.8 Å². The van der Waals surface area contributed by atoms with E-state index in [-0.39, 0.29) is 10.8 Å². The molecule has 0 aliphatic heterocycles. The van der Waals surface area contributed by atoms with Crippen LogP contribution in [0.4, 0.5) is 14.6 Å². The van der Waals surface area contributed by atoms with Crippen LogP contribution in [0.2, 0.25) is 0 Å². The molecule has 1 heterocycles. The predicted molar refractivity (Wildman–Crippen MR) is 57.6 cm³/mol. The fourth-order valence-corrected chi connectivity index (χ4v) is 1.94. The maximum atomic E-state index is 13.2. The third-order valence-corrected chi connectivity index (χ3v) is 2.82. The van der Waals surface area contributed by atoms with Crippen molar-refractivity contribution in [2.24, 2.45) is 5.84 Å². The maximum absolute atomic E-state index is 13.2. The summed E-state index contributed by atoms with van der Waals surface area (Å²) in [6, 6.07) is 0.788. The highest BCUT2D eigenvalue weighted by Gasteiger charge is 2.11. The maximum Gasteiger partial charge on any atom is 0.177 e. The van der Waals surface area contributed by atoms with Crippen molar-refractivity contribution in [3.8, 4) is 0 Å². The van der Waals surface area contributed by atoms with Gasteiger partial charge in [0.15, 0.2) is 17.5 Å². The van der Waals surface area contributed by atoms with Gasteiger partial charge in [-0.2, -0.15) is 0 Å².